The lowest BCUT2D eigenvalue weighted by atomic mass is 9.95. The predicted molar refractivity (Wildman–Crippen MR) is 83.0 cm³/mol. The van der Waals surface area contributed by atoms with Crippen LogP contribution in [-0.4, -0.2) is 35.3 Å². The molecule has 2 N–H and O–H groups in total. The number of hydrogen-bond acceptors (Lipinski definition) is 4. The Morgan fingerprint density at radius 3 is 2.80 bits per heavy atom. The third-order valence-corrected chi connectivity index (χ3v) is 4.03. The van der Waals surface area contributed by atoms with Crippen LogP contribution >= 0.6 is 0 Å². The fraction of sp³-hybridized carbons (Fsp3) is 0.688. The molecule has 1 saturated heterocycles. The summed E-state index contributed by atoms with van der Waals surface area (Å²) in [5.41, 5.74) is 1.63. The highest BCUT2D eigenvalue weighted by Crippen LogP contribution is 2.26. The van der Waals surface area contributed by atoms with Gasteiger partial charge in [0.15, 0.2) is 0 Å². The van der Waals surface area contributed by atoms with Crippen molar-refractivity contribution in [1.82, 2.24) is 10.3 Å². The van der Waals surface area contributed by atoms with Gasteiger partial charge in [-0.3, -0.25) is 4.98 Å². The monoisotopic (exact) mass is 277 g/mol. The van der Waals surface area contributed by atoms with E-state index >= 15 is 0 Å². The second-order valence-corrected chi connectivity index (χ2v) is 5.98. The van der Waals surface area contributed by atoms with Gasteiger partial charge in [-0.15, -0.1) is 0 Å². The summed E-state index contributed by atoms with van der Waals surface area (Å²) < 4.78 is 0. The van der Waals surface area contributed by atoms with E-state index in [0.29, 0.717) is 12.6 Å². The Balaban J connectivity index is 2.07. The highest BCUT2D eigenvalue weighted by Gasteiger charge is 2.28. The minimum Gasteiger partial charge on any atom is -0.388 e. The highest BCUT2D eigenvalue weighted by atomic mass is 16.3. The Morgan fingerprint density at radius 1 is 1.45 bits per heavy atom. The molecule has 2 heterocycles. The zero-order chi connectivity index (χ0) is 14.6. The molecule has 1 aliphatic rings. The number of anilines is 1. The van der Waals surface area contributed by atoms with Gasteiger partial charge in [0.25, 0.3) is 0 Å². The summed E-state index contributed by atoms with van der Waals surface area (Å²) in [7, 11) is 0. The minimum atomic E-state index is -0.577. The van der Waals surface area contributed by atoms with Crippen LogP contribution in [0.1, 0.15) is 51.8 Å². The predicted octanol–water partition coefficient (Wildman–Crippen LogP) is 2.49. The smallest absolute Gasteiger partial charge is 0.0794 e. The van der Waals surface area contributed by atoms with Crippen molar-refractivity contribution in [3.63, 3.8) is 0 Å². The van der Waals surface area contributed by atoms with Gasteiger partial charge in [-0.25, -0.2) is 0 Å². The summed E-state index contributed by atoms with van der Waals surface area (Å²) in [6, 6.07) is 4.57. The quantitative estimate of drug-likeness (QED) is 0.868. The summed E-state index contributed by atoms with van der Waals surface area (Å²) in [6.45, 7) is 8.85. The van der Waals surface area contributed by atoms with Crippen molar-refractivity contribution in [1.29, 1.82) is 0 Å². The van der Waals surface area contributed by atoms with Crippen molar-refractivity contribution in [2.45, 2.75) is 51.7 Å². The maximum Gasteiger partial charge on any atom is 0.0794 e. The van der Waals surface area contributed by atoms with Crippen LogP contribution in [0, 0.1) is 0 Å². The molecule has 4 heteroatoms. The Labute approximate surface area is 122 Å². The first-order valence-electron chi connectivity index (χ1n) is 7.72. The molecule has 1 aromatic rings. The molecule has 0 radical (unpaired) electrons. The maximum absolute atomic E-state index is 10.2. The molecule has 2 unspecified atom stereocenters. The molecule has 4 nitrogen and oxygen atoms in total. The number of aromatic nitrogens is 1. The summed E-state index contributed by atoms with van der Waals surface area (Å²) in [4.78, 5) is 6.84. The molecule has 0 bridgehead atoms. The Hall–Kier alpha value is -1.13. The molecule has 0 spiro atoms. The second-order valence-electron chi connectivity index (χ2n) is 5.98. The molecule has 2 atom stereocenters. The number of piperidine rings is 1. The van der Waals surface area contributed by atoms with E-state index < -0.39 is 5.60 Å². The molecule has 0 aliphatic carbocycles. The van der Waals surface area contributed by atoms with Gasteiger partial charge in [-0.2, -0.15) is 0 Å². The van der Waals surface area contributed by atoms with Crippen molar-refractivity contribution in [2.75, 3.05) is 24.5 Å². The standard InChI is InChI=1S/C16H27N3O/c1-4-14(17-5-2)15-8-7-13(11-18-15)19-10-6-9-16(3,20)12-19/h7-8,11,14,17,20H,4-6,9-10,12H2,1-3H3. The Kier molecular flexibility index (Phi) is 5.00. The number of nitrogens with zero attached hydrogens (tertiary/aromatic N) is 2. The van der Waals surface area contributed by atoms with Gasteiger partial charge in [0.1, 0.15) is 0 Å². The van der Waals surface area contributed by atoms with Crippen LogP contribution in [0.15, 0.2) is 18.3 Å². The number of hydrogen-bond donors (Lipinski definition) is 2. The van der Waals surface area contributed by atoms with E-state index in [2.05, 4.69) is 41.2 Å². The summed E-state index contributed by atoms with van der Waals surface area (Å²) >= 11 is 0. The summed E-state index contributed by atoms with van der Waals surface area (Å²) in [5, 5.41) is 13.6. The second kappa shape index (κ2) is 6.55. The molecular formula is C16H27N3O. The molecule has 20 heavy (non-hydrogen) atoms. The van der Waals surface area contributed by atoms with E-state index in [0.717, 1.165) is 43.7 Å². The van der Waals surface area contributed by atoms with Crippen molar-refractivity contribution >= 4 is 5.69 Å². The first-order chi connectivity index (χ1) is 9.55. The number of aliphatic hydroxyl groups is 1. The van der Waals surface area contributed by atoms with Gasteiger partial charge in [-0.05, 0) is 44.9 Å². The largest absolute Gasteiger partial charge is 0.388 e. The minimum absolute atomic E-state index is 0.332. The van der Waals surface area contributed by atoms with E-state index in [4.69, 9.17) is 0 Å². The molecule has 1 aliphatic heterocycles. The average Bonchev–Trinajstić information content (AvgIpc) is 2.44. The number of pyridine rings is 1. The summed E-state index contributed by atoms with van der Waals surface area (Å²) in [5.74, 6) is 0. The van der Waals surface area contributed by atoms with Crippen LogP contribution in [0.3, 0.4) is 0 Å². The van der Waals surface area contributed by atoms with Crippen molar-refractivity contribution in [3.05, 3.63) is 24.0 Å². The van der Waals surface area contributed by atoms with E-state index in [1.54, 1.807) is 0 Å². The van der Waals surface area contributed by atoms with Crippen LogP contribution < -0.4 is 10.2 Å². The van der Waals surface area contributed by atoms with Gasteiger partial charge in [-0.1, -0.05) is 13.8 Å². The molecule has 0 saturated carbocycles. The number of nitrogens with one attached hydrogen (secondary N) is 1. The van der Waals surface area contributed by atoms with Crippen LogP contribution in [0.5, 0.6) is 0 Å². The van der Waals surface area contributed by atoms with Crippen molar-refractivity contribution < 1.29 is 5.11 Å². The van der Waals surface area contributed by atoms with Crippen molar-refractivity contribution in [3.8, 4) is 0 Å². The van der Waals surface area contributed by atoms with Gasteiger partial charge in [0, 0.05) is 19.1 Å². The van der Waals surface area contributed by atoms with Gasteiger partial charge < -0.3 is 15.3 Å². The van der Waals surface area contributed by atoms with E-state index in [-0.39, 0.29) is 0 Å². The first kappa shape index (κ1) is 15.3. The SMILES string of the molecule is CCNC(CC)c1ccc(N2CCCC(C)(O)C2)cn1. The van der Waals surface area contributed by atoms with Crippen LogP contribution in [0.4, 0.5) is 5.69 Å². The van der Waals surface area contributed by atoms with Crippen LogP contribution in [0.25, 0.3) is 0 Å². The van der Waals surface area contributed by atoms with E-state index in [9.17, 15) is 5.11 Å². The van der Waals surface area contributed by atoms with E-state index in [1.807, 2.05) is 13.1 Å². The molecule has 0 amide bonds. The fourth-order valence-electron chi connectivity index (χ4n) is 2.94. The maximum atomic E-state index is 10.2. The Bertz CT molecular complexity index is 416. The molecule has 0 aromatic carbocycles. The zero-order valence-corrected chi connectivity index (χ0v) is 12.9. The highest BCUT2D eigenvalue weighted by molar-refractivity contribution is 5.45. The average molecular weight is 277 g/mol. The lowest BCUT2D eigenvalue weighted by Crippen LogP contribution is -2.46. The number of β-amino-alcohol motifs (C(OH)–C–C–N with tert-alkyl or cyclic N) is 1. The third kappa shape index (κ3) is 3.70. The molecule has 1 aromatic heterocycles. The normalized spacial score (nSPS) is 24.7. The first-order valence-corrected chi connectivity index (χ1v) is 7.72. The number of rotatable bonds is 5. The zero-order valence-electron chi connectivity index (χ0n) is 12.9. The third-order valence-electron chi connectivity index (χ3n) is 4.03. The lowest BCUT2D eigenvalue weighted by Gasteiger charge is -2.38. The fourth-order valence-corrected chi connectivity index (χ4v) is 2.94. The van der Waals surface area contributed by atoms with Crippen LogP contribution in [0.2, 0.25) is 0 Å². The van der Waals surface area contributed by atoms with Gasteiger partial charge in [0.05, 0.1) is 23.2 Å². The topological polar surface area (TPSA) is 48.4 Å². The van der Waals surface area contributed by atoms with Crippen LogP contribution in [-0.2, 0) is 0 Å². The van der Waals surface area contributed by atoms with E-state index in [1.165, 1.54) is 0 Å². The lowest BCUT2D eigenvalue weighted by molar-refractivity contribution is 0.0449. The molecule has 2 rings (SSSR count). The summed E-state index contributed by atoms with van der Waals surface area (Å²) in [6.07, 6.45) is 4.90. The Morgan fingerprint density at radius 2 is 2.25 bits per heavy atom. The van der Waals surface area contributed by atoms with Gasteiger partial charge in [0.2, 0.25) is 0 Å². The van der Waals surface area contributed by atoms with Gasteiger partial charge >= 0.3 is 0 Å². The van der Waals surface area contributed by atoms with Crippen molar-refractivity contribution in [2.24, 2.45) is 0 Å². The molecular weight excluding hydrogens is 250 g/mol. The molecule has 1 fully saturated rings. The molecule has 112 valence electrons.